The molecule has 25 heavy (non-hydrogen) atoms. The number of benzene rings is 1. The van der Waals surface area contributed by atoms with Gasteiger partial charge in [-0.05, 0) is 24.3 Å². The minimum absolute atomic E-state index is 0.202. The molecule has 2 fully saturated rings. The van der Waals surface area contributed by atoms with Crippen LogP contribution in [0.25, 0.3) is 0 Å². The number of aliphatic carboxylic acids is 1. The summed E-state index contributed by atoms with van der Waals surface area (Å²) in [5, 5.41) is 9.72. The van der Waals surface area contributed by atoms with Gasteiger partial charge < -0.3 is 14.7 Å². The molecular weight excluding hydrogens is 318 g/mol. The van der Waals surface area contributed by atoms with E-state index in [9.17, 15) is 9.90 Å². The first-order valence-electron chi connectivity index (χ1n) is 8.64. The van der Waals surface area contributed by atoms with Crippen molar-refractivity contribution < 1.29 is 14.6 Å². The van der Waals surface area contributed by atoms with Crippen LogP contribution in [0.2, 0.25) is 0 Å². The minimum atomic E-state index is -0.674. The normalized spacial score (nSPS) is 25.0. The molecule has 0 amide bonds. The van der Waals surface area contributed by atoms with Gasteiger partial charge >= 0.3 is 5.97 Å². The highest BCUT2D eigenvalue weighted by atomic mass is 16.5. The van der Waals surface area contributed by atoms with Crippen LogP contribution in [0, 0.1) is 11.3 Å². The predicted octanol–water partition coefficient (Wildman–Crippen LogP) is 2.75. The fourth-order valence-corrected chi connectivity index (χ4v) is 4.13. The van der Waals surface area contributed by atoms with Crippen LogP contribution in [0.1, 0.15) is 24.8 Å². The van der Waals surface area contributed by atoms with E-state index in [1.807, 2.05) is 30.3 Å². The maximum absolute atomic E-state index is 11.8. The molecule has 2 aromatic rings. The molecule has 1 aliphatic heterocycles. The third-order valence-corrected chi connectivity index (χ3v) is 5.48. The average Bonchev–Trinajstić information content (AvgIpc) is 3.20. The van der Waals surface area contributed by atoms with Crippen molar-refractivity contribution in [3.63, 3.8) is 0 Å². The van der Waals surface area contributed by atoms with Gasteiger partial charge in [-0.25, -0.2) is 9.97 Å². The Bertz CT molecular complexity index is 768. The summed E-state index contributed by atoms with van der Waals surface area (Å²) in [6.07, 6.45) is 4.22. The van der Waals surface area contributed by atoms with Crippen LogP contribution in [0.3, 0.4) is 0 Å². The Morgan fingerprint density at radius 3 is 2.92 bits per heavy atom. The molecule has 2 atom stereocenters. The van der Waals surface area contributed by atoms with Crippen molar-refractivity contribution in [1.29, 1.82) is 0 Å². The van der Waals surface area contributed by atoms with Crippen LogP contribution in [0.15, 0.2) is 42.7 Å². The Hall–Kier alpha value is -2.63. The van der Waals surface area contributed by atoms with Gasteiger partial charge in [0.1, 0.15) is 18.8 Å². The molecule has 1 aromatic carbocycles. The van der Waals surface area contributed by atoms with Crippen molar-refractivity contribution in [2.45, 2.75) is 25.9 Å². The molecule has 2 heterocycles. The van der Waals surface area contributed by atoms with Crippen molar-refractivity contribution in [1.82, 2.24) is 9.97 Å². The van der Waals surface area contributed by atoms with E-state index in [0.29, 0.717) is 19.0 Å². The van der Waals surface area contributed by atoms with Gasteiger partial charge in [-0.3, -0.25) is 4.79 Å². The third-order valence-electron chi connectivity index (χ3n) is 5.48. The highest BCUT2D eigenvalue weighted by Gasteiger charge is 2.55. The van der Waals surface area contributed by atoms with Crippen molar-refractivity contribution >= 4 is 11.8 Å². The number of aromatic nitrogens is 2. The molecule has 1 saturated heterocycles. The summed E-state index contributed by atoms with van der Waals surface area (Å²) in [5.74, 6) is 0.782. The number of carboxylic acid groups (broad SMARTS) is 1. The summed E-state index contributed by atoms with van der Waals surface area (Å²) in [7, 11) is 0. The number of ether oxygens (including phenoxy) is 1. The summed E-state index contributed by atoms with van der Waals surface area (Å²) >= 11 is 0. The lowest BCUT2D eigenvalue weighted by atomic mass is 9.81. The van der Waals surface area contributed by atoms with Gasteiger partial charge in [-0.1, -0.05) is 36.8 Å². The van der Waals surface area contributed by atoms with E-state index in [4.69, 9.17) is 4.74 Å². The van der Waals surface area contributed by atoms with Crippen molar-refractivity contribution in [3.8, 4) is 5.88 Å². The molecular formula is C19H21N3O3. The smallest absolute Gasteiger partial charge is 0.311 e. The van der Waals surface area contributed by atoms with E-state index in [1.54, 1.807) is 6.07 Å². The largest absolute Gasteiger partial charge is 0.481 e. The number of rotatable bonds is 5. The first kappa shape index (κ1) is 15.9. The van der Waals surface area contributed by atoms with Crippen LogP contribution >= 0.6 is 0 Å². The van der Waals surface area contributed by atoms with Gasteiger partial charge in [0.25, 0.3) is 0 Å². The number of nitrogens with zero attached hydrogens (tertiary/aromatic N) is 3. The minimum Gasteiger partial charge on any atom is -0.481 e. The quantitative estimate of drug-likeness (QED) is 0.903. The summed E-state index contributed by atoms with van der Waals surface area (Å²) in [5.41, 5.74) is 0.457. The van der Waals surface area contributed by atoms with Crippen LogP contribution < -0.4 is 9.64 Å². The molecule has 4 rings (SSSR count). The average molecular weight is 339 g/mol. The molecule has 0 bridgehead atoms. The van der Waals surface area contributed by atoms with E-state index >= 15 is 0 Å². The molecule has 130 valence electrons. The summed E-state index contributed by atoms with van der Waals surface area (Å²) in [6.45, 7) is 1.70. The van der Waals surface area contributed by atoms with Crippen molar-refractivity contribution in [3.05, 3.63) is 48.3 Å². The van der Waals surface area contributed by atoms with Crippen molar-refractivity contribution in [2.24, 2.45) is 11.3 Å². The van der Waals surface area contributed by atoms with Gasteiger partial charge in [-0.2, -0.15) is 0 Å². The van der Waals surface area contributed by atoms with Gasteiger partial charge in [0, 0.05) is 19.2 Å². The highest BCUT2D eigenvalue weighted by Crippen LogP contribution is 2.49. The Balaban J connectivity index is 1.48. The molecule has 6 heteroatoms. The second-order valence-electron chi connectivity index (χ2n) is 6.92. The number of hydrogen-bond acceptors (Lipinski definition) is 5. The van der Waals surface area contributed by atoms with E-state index in [2.05, 4.69) is 14.9 Å². The predicted molar refractivity (Wildman–Crippen MR) is 92.4 cm³/mol. The molecule has 6 nitrogen and oxygen atoms in total. The summed E-state index contributed by atoms with van der Waals surface area (Å²) < 4.78 is 5.76. The second kappa shape index (κ2) is 6.35. The SMILES string of the molecule is O=C(O)[C@@]12CCC[C@H]1CN(c1cc(OCc3ccccc3)ncn1)C2. The highest BCUT2D eigenvalue weighted by molar-refractivity contribution is 5.77. The number of carbonyl (C=O) groups is 1. The van der Waals surface area contributed by atoms with Gasteiger partial charge in [-0.15, -0.1) is 0 Å². The van der Waals surface area contributed by atoms with Gasteiger partial charge in [0.15, 0.2) is 0 Å². The van der Waals surface area contributed by atoms with Crippen LogP contribution in [0.5, 0.6) is 5.88 Å². The Labute approximate surface area is 146 Å². The van der Waals surface area contributed by atoms with E-state index in [-0.39, 0.29) is 5.92 Å². The topological polar surface area (TPSA) is 75.5 Å². The summed E-state index contributed by atoms with van der Waals surface area (Å²) in [4.78, 5) is 22.4. The molecule has 0 unspecified atom stereocenters. The maximum atomic E-state index is 11.8. The lowest BCUT2D eigenvalue weighted by Gasteiger charge is -2.23. The lowest BCUT2D eigenvalue weighted by molar-refractivity contribution is -0.149. The first-order chi connectivity index (χ1) is 12.2. The van der Waals surface area contributed by atoms with Crippen LogP contribution in [-0.2, 0) is 11.4 Å². The second-order valence-corrected chi connectivity index (χ2v) is 6.92. The first-order valence-corrected chi connectivity index (χ1v) is 8.64. The van der Waals surface area contributed by atoms with E-state index in [1.165, 1.54) is 6.33 Å². The molecule has 2 aliphatic rings. The third kappa shape index (κ3) is 2.92. The Morgan fingerprint density at radius 1 is 1.32 bits per heavy atom. The van der Waals surface area contributed by atoms with Crippen molar-refractivity contribution in [2.75, 3.05) is 18.0 Å². The molecule has 0 radical (unpaired) electrons. The standard InChI is InChI=1S/C19H21N3O3/c23-18(24)19-8-4-7-15(19)10-22(12-19)16-9-17(21-13-20-16)25-11-14-5-2-1-3-6-14/h1-3,5-6,9,13,15H,4,7-8,10-12H2,(H,23,24)/t15-,19+/m0/s1. The van der Waals surface area contributed by atoms with Crippen LogP contribution in [0.4, 0.5) is 5.82 Å². The molecule has 1 aliphatic carbocycles. The van der Waals surface area contributed by atoms with Gasteiger partial charge in [0.2, 0.25) is 5.88 Å². The number of fused-ring (bicyclic) bond motifs is 1. The maximum Gasteiger partial charge on any atom is 0.311 e. The zero-order valence-corrected chi connectivity index (χ0v) is 14.0. The Kier molecular flexibility index (Phi) is 4.03. The zero-order chi connectivity index (χ0) is 17.3. The lowest BCUT2D eigenvalue weighted by Crippen LogP contribution is -2.35. The fourth-order valence-electron chi connectivity index (χ4n) is 4.13. The van der Waals surface area contributed by atoms with E-state index in [0.717, 1.165) is 37.2 Å². The molecule has 1 aromatic heterocycles. The van der Waals surface area contributed by atoms with Gasteiger partial charge in [0.05, 0.1) is 5.41 Å². The fraction of sp³-hybridized carbons (Fsp3) is 0.421. The monoisotopic (exact) mass is 339 g/mol. The van der Waals surface area contributed by atoms with E-state index < -0.39 is 11.4 Å². The zero-order valence-electron chi connectivity index (χ0n) is 14.0. The molecule has 0 spiro atoms. The van der Waals surface area contributed by atoms with Crippen LogP contribution in [-0.4, -0.2) is 34.1 Å². The number of hydrogen-bond donors (Lipinski definition) is 1. The molecule has 1 N–H and O–H groups in total. The number of carboxylic acids is 1. The Morgan fingerprint density at radius 2 is 2.16 bits per heavy atom. The summed E-state index contributed by atoms with van der Waals surface area (Å²) in [6, 6.07) is 11.7. The molecule has 1 saturated carbocycles. The number of anilines is 1.